The van der Waals surface area contributed by atoms with Gasteiger partial charge in [-0.15, -0.1) is 0 Å². The van der Waals surface area contributed by atoms with Gasteiger partial charge in [-0.1, -0.05) is 18.2 Å². The van der Waals surface area contributed by atoms with Crippen LogP contribution in [0.5, 0.6) is 0 Å². The highest BCUT2D eigenvalue weighted by Crippen LogP contribution is 2.30. The lowest BCUT2D eigenvalue weighted by molar-refractivity contribution is -0.0415. The van der Waals surface area contributed by atoms with Gasteiger partial charge in [-0.3, -0.25) is 9.69 Å². The van der Waals surface area contributed by atoms with E-state index in [1.807, 2.05) is 30.3 Å². The first-order valence-corrected chi connectivity index (χ1v) is 8.06. The van der Waals surface area contributed by atoms with E-state index in [9.17, 15) is 9.90 Å². The van der Waals surface area contributed by atoms with E-state index in [-0.39, 0.29) is 5.56 Å². The number of rotatable bonds is 3. The number of nitrogens with zero attached hydrogens (tertiary/aromatic N) is 3. The molecular formula is C17H19N5O2. The fraction of sp³-hybridized carbons (Fsp3) is 0.353. The Labute approximate surface area is 138 Å². The summed E-state index contributed by atoms with van der Waals surface area (Å²) in [6, 6.07) is 9.66. The first-order valence-electron chi connectivity index (χ1n) is 8.06. The van der Waals surface area contributed by atoms with Crippen LogP contribution in [0.25, 0.3) is 10.9 Å². The molecule has 0 amide bonds. The maximum absolute atomic E-state index is 12.3. The molecule has 1 aromatic carbocycles. The highest BCUT2D eigenvalue weighted by Gasteiger charge is 2.37. The van der Waals surface area contributed by atoms with Crippen LogP contribution in [0.4, 0.5) is 0 Å². The van der Waals surface area contributed by atoms with E-state index in [0.29, 0.717) is 30.8 Å². The number of hydrogen-bond donors (Lipinski definition) is 3. The summed E-state index contributed by atoms with van der Waals surface area (Å²) in [5.41, 5.74) is 1.00. The Hall–Kier alpha value is -2.51. The summed E-state index contributed by atoms with van der Waals surface area (Å²) in [6.07, 6.45) is 3.05. The summed E-state index contributed by atoms with van der Waals surface area (Å²) >= 11 is 0. The number of nitrogens with one attached hydrogen (secondary N) is 2. The van der Waals surface area contributed by atoms with Crippen molar-refractivity contribution in [1.82, 2.24) is 25.3 Å². The molecule has 7 nitrogen and oxygen atoms in total. The van der Waals surface area contributed by atoms with Gasteiger partial charge in [0.15, 0.2) is 0 Å². The molecule has 0 unspecified atom stereocenters. The van der Waals surface area contributed by atoms with Crippen molar-refractivity contribution in [1.29, 1.82) is 0 Å². The Bertz CT molecular complexity index is 905. The van der Waals surface area contributed by atoms with E-state index < -0.39 is 5.60 Å². The van der Waals surface area contributed by atoms with Gasteiger partial charge in [-0.25, -0.2) is 0 Å². The lowest BCUT2D eigenvalue weighted by Crippen LogP contribution is -2.46. The van der Waals surface area contributed by atoms with Gasteiger partial charge in [0.1, 0.15) is 11.3 Å². The van der Waals surface area contributed by atoms with Crippen molar-refractivity contribution in [2.45, 2.75) is 25.0 Å². The van der Waals surface area contributed by atoms with E-state index in [1.54, 1.807) is 6.20 Å². The van der Waals surface area contributed by atoms with Crippen molar-refractivity contribution >= 4 is 10.9 Å². The first-order chi connectivity index (χ1) is 11.6. The molecule has 3 N–H and O–H groups in total. The number of piperidine rings is 1. The molecular weight excluding hydrogens is 306 g/mol. The fourth-order valence-corrected chi connectivity index (χ4v) is 3.44. The van der Waals surface area contributed by atoms with Crippen molar-refractivity contribution in [2.75, 3.05) is 13.1 Å². The largest absolute Gasteiger partial charge is 0.382 e. The van der Waals surface area contributed by atoms with Crippen LogP contribution < -0.4 is 5.56 Å². The average Bonchev–Trinajstić information content (AvgIpc) is 3.11. The fourth-order valence-electron chi connectivity index (χ4n) is 3.44. The van der Waals surface area contributed by atoms with E-state index in [0.717, 1.165) is 23.9 Å². The monoisotopic (exact) mass is 325 g/mol. The van der Waals surface area contributed by atoms with Crippen LogP contribution in [0.2, 0.25) is 0 Å². The number of hydrogen-bond acceptors (Lipinski definition) is 5. The van der Waals surface area contributed by atoms with Crippen molar-refractivity contribution in [3.05, 3.63) is 58.1 Å². The zero-order chi connectivity index (χ0) is 16.6. The van der Waals surface area contributed by atoms with Gasteiger partial charge in [0.2, 0.25) is 0 Å². The Balaban J connectivity index is 1.59. The minimum Gasteiger partial charge on any atom is -0.382 e. The minimum atomic E-state index is -1.02. The molecule has 1 aliphatic rings. The summed E-state index contributed by atoms with van der Waals surface area (Å²) < 4.78 is 0. The Morgan fingerprint density at radius 3 is 3.04 bits per heavy atom. The quantitative estimate of drug-likeness (QED) is 0.670. The average molecular weight is 325 g/mol. The zero-order valence-corrected chi connectivity index (χ0v) is 13.2. The van der Waals surface area contributed by atoms with Crippen LogP contribution in [-0.2, 0) is 12.1 Å². The molecule has 0 saturated carbocycles. The number of aromatic nitrogens is 4. The third kappa shape index (κ3) is 2.72. The predicted molar refractivity (Wildman–Crippen MR) is 89.4 cm³/mol. The van der Waals surface area contributed by atoms with Crippen molar-refractivity contribution in [2.24, 2.45) is 0 Å². The Morgan fingerprint density at radius 2 is 2.21 bits per heavy atom. The van der Waals surface area contributed by atoms with Crippen LogP contribution in [-0.4, -0.2) is 43.5 Å². The van der Waals surface area contributed by atoms with Gasteiger partial charge in [0.05, 0.1) is 6.20 Å². The van der Waals surface area contributed by atoms with Gasteiger partial charge in [0, 0.05) is 24.2 Å². The van der Waals surface area contributed by atoms with Crippen LogP contribution in [0.15, 0.2) is 41.3 Å². The molecule has 24 heavy (non-hydrogen) atoms. The van der Waals surface area contributed by atoms with Crippen LogP contribution in [0.3, 0.4) is 0 Å². The number of likely N-dealkylation sites (tertiary alicyclic amines) is 1. The molecule has 0 radical (unpaired) electrons. The number of aromatic amines is 2. The summed E-state index contributed by atoms with van der Waals surface area (Å²) in [5, 5.41) is 22.3. The molecule has 0 bridgehead atoms. The molecule has 1 aliphatic heterocycles. The second kappa shape index (κ2) is 5.85. The molecule has 124 valence electrons. The smallest absolute Gasteiger partial charge is 0.252 e. The van der Waals surface area contributed by atoms with E-state index in [1.165, 1.54) is 0 Å². The topological polar surface area (TPSA) is 97.9 Å². The van der Waals surface area contributed by atoms with Crippen LogP contribution in [0, 0.1) is 0 Å². The third-order valence-electron chi connectivity index (χ3n) is 4.67. The summed E-state index contributed by atoms with van der Waals surface area (Å²) in [5.74, 6) is 0. The highest BCUT2D eigenvalue weighted by atomic mass is 16.3. The lowest BCUT2D eigenvalue weighted by atomic mass is 9.90. The molecule has 3 heterocycles. The number of fused-ring (bicyclic) bond motifs is 1. The second-order valence-corrected chi connectivity index (χ2v) is 6.41. The van der Waals surface area contributed by atoms with Crippen LogP contribution >= 0.6 is 0 Å². The molecule has 1 fully saturated rings. The number of H-pyrrole nitrogens is 2. The molecule has 3 aromatic rings. The molecule has 2 aromatic heterocycles. The van der Waals surface area contributed by atoms with Gasteiger partial charge in [-0.05, 0) is 36.9 Å². The number of benzene rings is 1. The van der Waals surface area contributed by atoms with E-state index >= 15 is 0 Å². The van der Waals surface area contributed by atoms with Crippen molar-refractivity contribution < 1.29 is 5.11 Å². The van der Waals surface area contributed by atoms with Gasteiger partial charge < -0.3 is 10.1 Å². The third-order valence-corrected chi connectivity index (χ3v) is 4.67. The predicted octanol–water partition coefficient (Wildman–Crippen LogP) is 1.13. The number of aliphatic hydroxyl groups is 1. The van der Waals surface area contributed by atoms with Gasteiger partial charge in [-0.2, -0.15) is 15.4 Å². The summed E-state index contributed by atoms with van der Waals surface area (Å²) in [6.45, 7) is 1.78. The molecule has 4 rings (SSSR count). The molecule has 0 spiro atoms. The minimum absolute atomic E-state index is 0.0794. The SMILES string of the molecule is O=c1[nH]c2ccccc2cc1CN1CCC[C@](O)(c2cn[nH]n2)C1. The molecule has 0 aliphatic carbocycles. The van der Waals surface area contributed by atoms with E-state index in [4.69, 9.17) is 0 Å². The van der Waals surface area contributed by atoms with Crippen molar-refractivity contribution in [3.8, 4) is 0 Å². The maximum atomic E-state index is 12.3. The normalized spacial score (nSPS) is 22.0. The van der Waals surface area contributed by atoms with Crippen LogP contribution in [0.1, 0.15) is 24.1 Å². The standard InChI is InChI=1S/C17H19N5O2/c23-16-13(8-12-4-1-2-5-14(12)19-16)10-22-7-3-6-17(24,11-22)15-9-18-21-20-15/h1-2,4-5,8-9,24H,3,6-7,10-11H2,(H,19,23)(H,18,20,21)/t17-/m1/s1. The van der Waals surface area contributed by atoms with E-state index in [2.05, 4.69) is 25.3 Å². The zero-order valence-electron chi connectivity index (χ0n) is 13.2. The number of pyridine rings is 1. The summed E-state index contributed by atoms with van der Waals surface area (Å²) in [7, 11) is 0. The Morgan fingerprint density at radius 1 is 1.33 bits per heavy atom. The summed E-state index contributed by atoms with van der Waals surface area (Å²) in [4.78, 5) is 17.3. The maximum Gasteiger partial charge on any atom is 0.252 e. The lowest BCUT2D eigenvalue weighted by Gasteiger charge is -2.37. The highest BCUT2D eigenvalue weighted by molar-refractivity contribution is 5.78. The number of β-amino-alcohol motifs (C(OH)–C–C–N with tert-alkyl or cyclic N) is 1. The number of para-hydroxylation sites is 1. The van der Waals surface area contributed by atoms with Crippen molar-refractivity contribution in [3.63, 3.8) is 0 Å². The first kappa shape index (κ1) is 15.0. The second-order valence-electron chi connectivity index (χ2n) is 6.41. The molecule has 1 saturated heterocycles. The van der Waals surface area contributed by atoms with Gasteiger partial charge >= 0.3 is 0 Å². The Kier molecular flexibility index (Phi) is 3.66. The van der Waals surface area contributed by atoms with Gasteiger partial charge in [0.25, 0.3) is 5.56 Å². The molecule has 7 heteroatoms. The molecule has 1 atom stereocenters.